The van der Waals surface area contributed by atoms with Crippen LogP contribution in [0, 0.1) is 0 Å². The van der Waals surface area contributed by atoms with Crippen LogP contribution in [-0.2, 0) is 18.9 Å². The molecule has 0 aromatic carbocycles. The monoisotopic (exact) mass is 234 g/mol. The van der Waals surface area contributed by atoms with Gasteiger partial charge in [0.25, 0.3) is 0 Å². The molecule has 16 heavy (non-hydrogen) atoms. The van der Waals surface area contributed by atoms with Gasteiger partial charge in [-0.05, 0) is 0 Å². The van der Waals surface area contributed by atoms with Gasteiger partial charge in [0.1, 0.15) is 24.4 Å². The van der Waals surface area contributed by atoms with Crippen LogP contribution in [0.3, 0.4) is 0 Å². The molecule has 4 atom stereocenters. The third-order valence-electron chi connectivity index (χ3n) is 2.57. The molecule has 0 saturated carbocycles. The lowest BCUT2D eigenvalue weighted by molar-refractivity contribution is -0.113. The first-order valence-electron chi connectivity index (χ1n) is 5.51. The number of rotatable bonds is 9. The molecule has 94 valence electrons. The second-order valence-corrected chi connectivity index (χ2v) is 4.02. The Morgan fingerprint density at radius 3 is 1.56 bits per heavy atom. The van der Waals surface area contributed by atoms with Crippen molar-refractivity contribution in [3.63, 3.8) is 0 Å². The average molecular weight is 234 g/mol. The lowest BCUT2D eigenvalue weighted by Crippen LogP contribution is -2.39. The zero-order chi connectivity index (χ0) is 11.4. The average Bonchev–Trinajstić information content (AvgIpc) is 3.16. The summed E-state index contributed by atoms with van der Waals surface area (Å²) in [4.78, 5) is 0. The predicted octanol–water partition coefficient (Wildman–Crippen LogP) is -1.46. The molecule has 0 aromatic rings. The molecule has 2 aliphatic rings. The summed E-state index contributed by atoms with van der Waals surface area (Å²) in [6, 6.07) is 0. The predicted molar refractivity (Wildman–Crippen MR) is 53.1 cm³/mol. The van der Waals surface area contributed by atoms with E-state index in [0.717, 1.165) is 0 Å². The Balaban J connectivity index is 1.67. The van der Waals surface area contributed by atoms with Crippen molar-refractivity contribution in [1.82, 2.24) is 0 Å². The summed E-state index contributed by atoms with van der Waals surface area (Å²) in [5.74, 6) is 0. The molecule has 2 heterocycles. The fraction of sp³-hybridized carbons (Fsp3) is 1.00. The van der Waals surface area contributed by atoms with Gasteiger partial charge < -0.3 is 29.2 Å². The number of ether oxygens (including phenoxy) is 4. The molecule has 0 amide bonds. The molecule has 0 bridgehead atoms. The lowest BCUT2D eigenvalue weighted by Gasteiger charge is -2.24. The van der Waals surface area contributed by atoms with Crippen LogP contribution in [0.1, 0.15) is 0 Å². The Bertz CT molecular complexity index is 181. The van der Waals surface area contributed by atoms with Crippen molar-refractivity contribution >= 4 is 0 Å². The minimum absolute atomic E-state index is 0.139. The third-order valence-corrected chi connectivity index (χ3v) is 2.57. The smallest absolute Gasteiger partial charge is 0.109 e. The zero-order valence-electron chi connectivity index (χ0n) is 9.08. The van der Waals surface area contributed by atoms with Crippen LogP contribution in [0.2, 0.25) is 0 Å². The van der Waals surface area contributed by atoms with Crippen LogP contribution in [0.15, 0.2) is 0 Å². The molecule has 2 N–H and O–H groups in total. The number of hydrogen-bond acceptors (Lipinski definition) is 6. The number of aliphatic hydroxyl groups is 2. The highest BCUT2D eigenvalue weighted by Crippen LogP contribution is 2.14. The number of epoxide rings is 2. The van der Waals surface area contributed by atoms with Crippen molar-refractivity contribution in [1.29, 1.82) is 0 Å². The summed E-state index contributed by atoms with van der Waals surface area (Å²) in [5, 5.41) is 18.3. The minimum atomic E-state index is -0.507. The molecule has 0 radical (unpaired) electrons. The SMILES string of the molecule is OC[C@H](OCC1CO1)[C@@H](CO)OCC1CO1. The molecule has 2 fully saturated rings. The molecule has 2 saturated heterocycles. The molecule has 0 aromatic heterocycles. The van der Waals surface area contributed by atoms with Gasteiger partial charge in [-0.15, -0.1) is 0 Å². The van der Waals surface area contributed by atoms with E-state index in [0.29, 0.717) is 26.4 Å². The van der Waals surface area contributed by atoms with Crippen molar-refractivity contribution in [2.45, 2.75) is 24.4 Å². The normalized spacial score (nSPS) is 31.1. The van der Waals surface area contributed by atoms with Crippen LogP contribution in [0.25, 0.3) is 0 Å². The first-order chi connectivity index (χ1) is 7.83. The summed E-state index contributed by atoms with van der Waals surface area (Å²) in [6.07, 6.45) is -0.735. The molecular formula is C10H18O6. The molecule has 6 nitrogen and oxygen atoms in total. The largest absolute Gasteiger partial charge is 0.394 e. The second-order valence-electron chi connectivity index (χ2n) is 4.02. The summed E-state index contributed by atoms with van der Waals surface area (Å²) in [5.41, 5.74) is 0. The Morgan fingerprint density at radius 2 is 1.31 bits per heavy atom. The summed E-state index contributed by atoms with van der Waals surface area (Å²) in [6.45, 7) is 1.93. The van der Waals surface area contributed by atoms with E-state index in [1.165, 1.54) is 0 Å². The van der Waals surface area contributed by atoms with Crippen molar-refractivity contribution < 1.29 is 29.2 Å². The standard InChI is InChI=1S/C10H18O6/c11-1-9(15-5-7-3-13-7)10(2-12)16-6-8-4-14-8/h7-12H,1-6H2/t7?,8?,9-,10+. The minimum Gasteiger partial charge on any atom is -0.394 e. The number of aliphatic hydroxyl groups excluding tert-OH is 2. The van der Waals surface area contributed by atoms with E-state index in [9.17, 15) is 0 Å². The van der Waals surface area contributed by atoms with Crippen LogP contribution in [0.5, 0.6) is 0 Å². The van der Waals surface area contributed by atoms with Gasteiger partial charge in [0, 0.05) is 0 Å². The van der Waals surface area contributed by atoms with E-state index in [4.69, 9.17) is 29.2 Å². The van der Waals surface area contributed by atoms with Gasteiger partial charge in [0.05, 0.1) is 39.6 Å². The van der Waals surface area contributed by atoms with Crippen molar-refractivity contribution in [2.75, 3.05) is 39.6 Å². The summed E-state index contributed by atoms with van der Waals surface area (Å²) < 4.78 is 20.8. The van der Waals surface area contributed by atoms with Crippen LogP contribution >= 0.6 is 0 Å². The van der Waals surface area contributed by atoms with Gasteiger partial charge in [-0.3, -0.25) is 0 Å². The third kappa shape index (κ3) is 3.97. The maximum atomic E-state index is 9.15. The summed E-state index contributed by atoms with van der Waals surface area (Å²) in [7, 11) is 0. The Kier molecular flexibility index (Phi) is 4.51. The van der Waals surface area contributed by atoms with E-state index in [-0.39, 0.29) is 25.4 Å². The zero-order valence-corrected chi connectivity index (χ0v) is 9.08. The molecule has 6 heteroatoms. The van der Waals surface area contributed by atoms with E-state index in [2.05, 4.69) is 0 Å². The van der Waals surface area contributed by atoms with E-state index < -0.39 is 12.2 Å². The topological polar surface area (TPSA) is 84.0 Å². The van der Waals surface area contributed by atoms with Crippen LogP contribution in [-0.4, -0.2) is 74.3 Å². The first kappa shape index (κ1) is 12.2. The lowest BCUT2D eigenvalue weighted by atomic mass is 10.2. The molecule has 2 aliphatic heterocycles. The number of hydrogen-bond donors (Lipinski definition) is 2. The quantitative estimate of drug-likeness (QED) is 0.474. The van der Waals surface area contributed by atoms with Gasteiger partial charge in [-0.25, -0.2) is 0 Å². The molecule has 2 rings (SSSR count). The summed E-state index contributed by atoms with van der Waals surface area (Å²) >= 11 is 0. The highest BCUT2D eigenvalue weighted by atomic mass is 16.6. The second kappa shape index (κ2) is 5.90. The first-order valence-corrected chi connectivity index (χ1v) is 5.51. The molecule has 0 aliphatic carbocycles. The highest BCUT2D eigenvalue weighted by molar-refractivity contribution is 4.75. The van der Waals surface area contributed by atoms with Gasteiger partial charge in [-0.1, -0.05) is 0 Å². The molecule has 2 unspecified atom stereocenters. The van der Waals surface area contributed by atoms with Gasteiger partial charge >= 0.3 is 0 Å². The van der Waals surface area contributed by atoms with E-state index in [1.54, 1.807) is 0 Å². The molecule has 0 spiro atoms. The van der Waals surface area contributed by atoms with Gasteiger partial charge in [-0.2, -0.15) is 0 Å². The van der Waals surface area contributed by atoms with Crippen LogP contribution in [0.4, 0.5) is 0 Å². The van der Waals surface area contributed by atoms with Crippen molar-refractivity contribution in [3.05, 3.63) is 0 Å². The highest BCUT2D eigenvalue weighted by Gasteiger charge is 2.30. The Morgan fingerprint density at radius 1 is 0.938 bits per heavy atom. The van der Waals surface area contributed by atoms with Crippen LogP contribution < -0.4 is 0 Å². The van der Waals surface area contributed by atoms with E-state index in [1.807, 2.05) is 0 Å². The van der Waals surface area contributed by atoms with E-state index >= 15 is 0 Å². The maximum Gasteiger partial charge on any atom is 0.109 e. The Labute approximate surface area is 94.1 Å². The maximum absolute atomic E-state index is 9.15. The fourth-order valence-electron chi connectivity index (χ4n) is 1.35. The fourth-order valence-corrected chi connectivity index (χ4v) is 1.35. The van der Waals surface area contributed by atoms with Crippen molar-refractivity contribution in [3.8, 4) is 0 Å². The molecular weight excluding hydrogens is 216 g/mol. The van der Waals surface area contributed by atoms with Gasteiger partial charge in [0.2, 0.25) is 0 Å². The van der Waals surface area contributed by atoms with Gasteiger partial charge in [0.15, 0.2) is 0 Å². The van der Waals surface area contributed by atoms with Crippen molar-refractivity contribution in [2.24, 2.45) is 0 Å². The Hall–Kier alpha value is -0.240.